The van der Waals surface area contributed by atoms with E-state index in [2.05, 4.69) is 44.3 Å². The van der Waals surface area contributed by atoms with Gasteiger partial charge in [0.15, 0.2) is 0 Å². The van der Waals surface area contributed by atoms with E-state index < -0.39 is 0 Å². The van der Waals surface area contributed by atoms with Crippen molar-refractivity contribution in [3.05, 3.63) is 53.6 Å². The molecule has 0 saturated heterocycles. The Bertz CT molecular complexity index is 469. The van der Waals surface area contributed by atoms with Crippen LogP contribution in [0.3, 0.4) is 0 Å². The number of hydrogen-bond acceptors (Lipinski definition) is 2. The molecule has 1 aliphatic rings. The Morgan fingerprint density at radius 3 is 2.13 bits per heavy atom. The lowest BCUT2D eigenvalue weighted by Crippen LogP contribution is -2.28. The highest BCUT2D eigenvalue weighted by Crippen LogP contribution is 2.22. The monoisotopic (exact) mass is 317 g/mol. The molecule has 0 heterocycles. The molecular weight excluding hydrogens is 282 g/mol. The Morgan fingerprint density at radius 1 is 1.13 bits per heavy atom. The van der Waals surface area contributed by atoms with Crippen LogP contribution < -0.4 is 5.32 Å². The van der Waals surface area contributed by atoms with E-state index in [9.17, 15) is 0 Å². The molecule has 1 aliphatic carbocycles. The van der Waals surface area contributed by atoms with Gasteiger partial charge in [-0.05, 0) is 56.3 Å². The van der Waals surface area contributed by atoms with Gasteiger partial charge in [-0.15, -0.1) is 0 Å². The van der Waals surface area contributed by atoms with Crippen LogP contribution >= 0.6 is 0 Å². The molecular formula is C21H35NO. The summed E-state index contributed by atoms with van der Waals surface area (Å²) in [6.07, 6.45) is 10.0. The lowest BCUT2D eigenvalue weighted by Gasteiger charge is -2.24. The number of hydrogen-bond donors (Lipinski definition) is 2. The average molecular weight is 318 g/mol. The van der Waals surface area contributed by atoms with Gasteiger partial charge >= 0.3 is 0 Å². The normalized spacial score (nSPS) is 13.2. The Balaban J connectivity index is 0.000000449. The van der Waals surface area contributed by atoms with Crippen LogP contribution in [-0.2, 0) is 6.42 Å². The maximum absolute atomic E-state index is 9.15. The van der Waals surface area contributed by atoms with Crippen molar-refractivity contribution in [2.75, 3.05) is 13.6 Å². The summed E-state index contributed by atoms with van der Waals surface area (Å²) in [5.41, 5.74) is 3.02. The zero-order chi connectivity index (χ0) is 17.7. The summed E-state index contributed by atoms with van der Waals surface area (Å²) in [6, 6.07) is 7.44. The van der Waals surface area contributed by atoms with Crippen molar-refractivity contribution >= 4 is 0 Å². The van der Waals surface area contributed by atoms with E-state index in [1.54, 1.807) is 12.1 Å². The van der Waals surface area contributed by atoms with Crippen LogP contribution in [0.15, 0.2) is 48.1 Å². The molecule has 0 unspecified atom stereocenters. The van der Waals surface area contributed by atoms with Gasteiger partial charge in [0.2, 0.25) is 0 Å². The van der Waals surface area contributed by atoms with E-state index in [1.165, 1.54) is 24.0 Å². The third kappa shape index (κ3) is 10.8. The zero-order valence-corrected chi connectivity index (χ0v) is 15.8. The van der Waals surface area contributed by atoms with E-state index in [1.807, 2.05) is 33.0 Å². The molecule has 130 valence electrons. The second-order valence-corrected chi connectivity index (χ2v) is 6.52. The molecule has 2 nitrogen and oxygen atoms in total. The number of nitrogens with one attached hydrogen (secondary N) is 1. The molecule has 0 aromatic heterocycles. The van der Waals surface area contributed by atoms with Gasteiger partial charge in [0.25, 0.3) is 0 Å². The third-order valence-electron chi connectivity index (χ3n) is 3.50. The highest BCUT2D eigenvalue weighted by molar-refractivity contribution is 5.26. The van der Waals surface area contributed by atoms with Crippen molar-refractivity contribution in [2.24, 2.45) is 5.41 Å². The number of aromatic hydroxyl groups is 1. The predicted molar refractivity (Wildman–Crippen MR) is 103 cm³/mol. The van der Waals surface area contributed by atoms with E-state index in [0.29, 0.717) is 5.75 Å². The summed E-state index contributed by atoms with van der Waals surface area (Å²) in [4.78, 5) is 0. The summed E-state index contributed by atoms with van der Waals surface area (Å²) >= 11 is 0. The Labute approximate surface area is 143 Å². The fourth-order valence-corrected chi connectivity index (χ4v) is 2.43. The molecule has 0 bridgehead atoms. The maximum atomic E-state index is 9.15. The minimum atomic E-state index is 0.256. The molecule has 23 heavy (non-hydrogen) atoms. The minimum Gasteiger partial charge on any atom is -0.508 e. The first-order valence-corrected chi connectivity index (χ1v) is 8.68. The van der Waals surface area contributed by atoms with Crippen molar-refractivity contribution in [2.45, 2.75) is 53.9 Å². The molecule has 0 radical (unpaired) electrons. The first kappa shape index (κ1) is 21.5. The van der Waals surface area contributed by atoms with Gasteiger partial charge in [-0.25, -0.2) is 0 Å². The fraction of sp³-hybridized carbons (Fsp3) is 0.524. The first-order chi connectivity index (χ1) is 10.9. The smallest absolute Gasteiger partial charge is 0.115 e. The van der Waals surface area contributed by atoms with Crippen LogP contribution in [-0.4, -0.2) is 18.7 Å². The predicted octanol–water partition coefficient (Wildman–Crippen LogP) is 5.49. The number of rotatable bonds is 4. The topological polar surface area (TPSA) is 32.3 Å². The van der Waals surface area contributed by atoms with Crippen molar-refractivity contribution in [1.29, 1.82) is 0 Å². The number of phenolic OH excluding ortho intramolecular Hbond substituents is 1. The second-order valence-electron chi connectivity index (χ2n) is 6.52. The van der Waals surface area contributed by atoms with Crippen LogP contribution in [0.25, 0.3) is 0 Å². The summed E-state index contributed by atoms with van der Waals surface area (Å²) in [5.74, 6) is 0.333. The van der Waals surface area contributed by atoms with Crippen molar-refractivity contribution in [3.8, 4) is 5.75 Å². The lowest BCUT2D eigenvalue weighted by atomic mass is 9.86. The molecule has 2 rings (SSSR count). The lowest BCUT2D eigenvalue weighted by molar-refractivity contribution is 0.349. The Morgan fingerprint density at radius 2 is 1.74 bits per heavy atom. The second kappa shape index (κ2) is 12.0. The summed E-state index contributed by atoms with van der Waals surface area (Å²) < 4.78 is 0. The number of benzene rings is 1. The average Bonchev–Trinajstić information content (AvgIpc) is 2.53. The van der Waals surface area contributed by atoms with Crippen LogP contribution in [0.2, 0.25) is 0 Å². The first-order valence-electron chi connectivity index (χ1n) is 8.68. The molecule has 1 aromatic rings. The SMILES string of the molecule is CC.CC1=CC=CCC1.CNCC(C)(C)Cc1ccc(O)cc1. The highest BCUT2D eigenvalue weighted by atomic mass is 16.3. The van der Waals surface area contributed by atoms with Crippen LogP contribution in [0, 0.1) is 5.41 Å². The van der Waals surface area contributed by atoms with Crippen molar-refractivity contribution in [1.82, 2.24) is 5.32 Å². The molecule has 0 atom stereocenters. The van der Waals surface area contributed by atoms with Gasteiger partial charge in [-0.3, -0.25) is 0 Å². The summed E-state index contributed by atoms with van der Waals surface area (Å²) in [6.45, 7) is 11.6. The van der Waals surface area contributed by atoms with Crippen LogP contribution in [0.4, 0.5) is 0 Å². The van der Waals surface area contributed by atoms with Gasteiger partial charge in [-0.1, -0.05) is 63.6 Å². The molecule has 0 spiro atoms. The quantitative estimate of drug-likeness (QED) is 0.769. The number of allylic oxidation sites excluding steroid dienone is 4. The number of phenols is 1. The molecule has 0 amide bonds. The Kier molecular flexibility index (Phi) is 11.2. The fourth-order valence-electron chi connectivity index (χ4n) is 2.43. The van der Waals surface area contributed by atoms with Crippen LogP contribution in [0.1, 0.15) is 53.0 Å². The van der Waals surface area contributed by atoms with Crippen molar-refractivity contribution < 1.29 is 5.11 Å². The van der Waals surface area contributed by atoms with E-state index >= 15 is 0 Å². The molecule has 2 heteroatoms. The zero-order valence-electron chi connectivity index (χ0n) is 15.8. The summed E-state index contributed by atoms with van der Waals surface area (Å²) in [7, 11) is 1.97. The maximum Gasteiger partial charge on any atom is 0.115 e. The molecule has 2 N–H and O–H groups in total. The van der Waals surface area contributed by atoms with Gasteiger partial charge in [-0.2, -0.15) is 0 Å². The van der Waals surface area contributed by atoms with E-state index in [0.717, 1.165) is 13.0 Å². The highest BCUT2D eigenvalue weighted by Gasteiger charge is 2.16. The van der Waals surface area contributed by atoms with Gasteiger partial charge in [0.1, 0.15) is 5.75 Å². The minimum absolute atomic E-state index is 0.256. The standard InChI is InChI=1S/C12H19NO.C7H10.C2H6/c1-12(2,9-13-3)8-10-4-6-11(14)7-5-10;1-7-5-3-2-4-6-7;1-2/h4-7,13-14H,8-9H2,1-3H3;2-3,5H,4,6H2,1H3;1-2H3. The summed E-state index contributed by atoms with van der Waals surface area (Å²) in [5, 5.41) is 12.3. The van der Waals surface area contributed by atoms with Gasteiger partial charge < -0.3 is 10.4 Å². The third-order valence-corrected chi connectivity index (χ3v) is 3.50. The van der Waals surface area contributed by atoms with E-state index in [-0.39, 0.29) is 5.41 Å². The Hall–Kier alpha value is -1.54. The van der Waals surface area contributed by atoms with Crippen LogP contribution in [0.5, 0.6) is 5.75 Å². The molecule has 1 aromatic carbocycles. The largest absolute Gasteiger partial charge is 0.508 e. The van der Waals surface area contributed by atoms with E-state index in [4.69, 9.17) is 5.11 Å². The van der Waals surface area contributed by atoms with Gasteiger partial charge in [0.05, 0.1) is 0 Å². The molecule has 0 fully saturated rings. The van der Waals surface area contributed by atoms with Crippen molar-refractivity contribution in [3.63, 3.8) is 0 Å². The van der Waals surface area contributed by atoms with Gasteiger partial charge in [0, 0.05) is 6.54 Å². The molecule has 0 aliphatic heterocycles. The molecule has 0 saturated carbocycles.